The molecule has 0 saturated carbocycles. The topological polar surface area (TPSA) is 42.2 Å². The number of carbonyl (C=O) groups excluding carboxylic acids is 1. The highest BCUT2D eigenvalue weighted by molar-refractivity contribution is 5.93. The standard InChI is InChI=1S/C10H11NO2/c1-3-4-8(2)11-10(12)9-5-6-13-7-9/h1,5-8H,4H2,2H3,(H,11,12). The zero-order chi connectivity index (χ0) is 9.68. The van der Waals surface area contributed by atoms with Crippen molar-refractivity contribution >= 4 is 5.91 Å². The van der Waals surface area contributed by atoms with Crippen LogP contribution >= 0.6 is 0 Å². The molecule has 1 unspecified atom stereocenters. The van der Waals surface area contributed by atoms with Gasteiger partial charge in [0, 0.05) is 12.5 Å². The van der Waals surface area contributed by atoms with Crippen molar-refractivity contribution in [2.45, 2.75) is 19.4 Å². The molecule has 0 aliphatic heterocycles. The Morgan fingerprint density at radius 1 is 1.85 bits per heavy atom. The predicted molar refractivity (Wildman–Crippen MR) is 49.1 cm³/mol. The summed E-state index contributed by atoms with van der Waals surface area (Å²) in [5.41, 5.74) is 0.517. The molecule has 0 aromatic carbocycles. The summed E-state index contributed by atoms with van der Waals surface area (Å²) in [6, 6.07) is 1.60. The van der Waals surface area contributed by atoms with Gasteiger partial charge in [-0.25, -0.2) is 0 Å². The first kappa shape index (κ1) is 9.40. The van der Waals surface area contributed by atoms with Crippen LogP contribution in [0.2, 0.25) is 0 Å². The summed E-state index contributed by atoms with van der Waals surface area (Å²) in [7, 11) is 0. The van der Waals surface area contributed by atoms with Gasteiger partial charge < -0.3 is 9.73 Å². The maximum Gasteiger partial charge on any atom is 0.254 e. The second kappa shape index (κ2) is 4.36. The first-order chi connectivity index (χ1) is 6.24. The molecule has 1 atom stereocenters. The molecule has 13 heavy (non-hydrogen) atoms. The molecule has 0 fully saturated rings. The van der Waals surface area contributed by atoms with Gasteiger partial charge in [-0.2, -0.15) is 0 Å². The van der Waals surface area contributed by atoms with Crippen molar-refractivity contribution in [1.82, 2.24) is 5.32 Å². The van der Waals surface area contributed by atoms with Gasteiger partial charge in [-0.3, -0.25) is 4.79 Å². The Bertz CT molecular complexity index is 308. The number of nitrogens with one attached hydrogen (secondary N) is 1. The van der Waals surface area contributed by atoms with Crippen LogP contribution in [0.1, 0.15) is 23.7 Å². The van der Waals surface area contributed by atoms with E-state index in [9.17, 15) is 4.79 Å². The summed E-state index contributed by atoms with van der Waals surface area (Å²) in [6.07, 6.45) is 8.50. The van der Waals surface area contributed by atoms with E-state index in [-0.39, 0.29) is 11.9 Å². The van der Waals surface area contributed by atoms with Crippen LogP contribution in [0.15, 0.2) is 23.0 Å². The Morgan fingerprint density at radius 2 is 2.62 bits per heavy atom. The molecule has 0 bridgehead atoms. The first-order valence-electron chi connectivity index (χ1n) is 4.00. The summed E-state index contributed by atoms with van der Waals surface area (Å²) in [4.78, 5) is 11.4. The van der Waals surface area contributed by atoms with Gasteiger partial charge >= 0.3 is 0 Å². The van der Waals surface area contributed by atoms with E-state index < -0.39 is 0 Å². The summed E-state index contributed by atoms with van der Waals surface area (Å²) in [6.45, 7) is 1.86. The van der Waals surface area contributed by atoms with Crippen molar-refractivity contribution in [3.63, 3.8) is 0 Å². The lowest BCUT2D eigenvalue weighted by molar-refractivity contribution is 0.0940. The molecule has 3 nitrogen and oxygen atoms in total. The number of terminal acetylenes is 1. The van der Waals surface area contributed by atoms with Gasteiger partial charge in [0.05, 0.1) is 11.8 Å². The smallest absolute Gasteiger partial charge is 0.254 e. The van der Waals surface area contributed by atoms with Crippen LogP contribution in [-0.2, 0) is 0 Å². The Hall–Kier alpha value is -1.69. The highest BCUT2D eigenvalue weighted by Gasteiger charge is 2.09. The van der Waals surface area contributed by atoms with Crippen molar-refractivity contribution in [3.05, 3.63) is 24.2 Å². The molecule has 1 amide bonds. The van der Waals surface area contributed by atoms with E-state index in [2.05, 4.69) is 11.2 Å². The van der Waals surface area contributed by atoms with E-state index in [4.69, 9.17) is 10.8 Å². The molecule has 0 saturated heterocycles. The second-order valence-corrected chi connectivity index (χ2v) is 2.79. The Kier molecular flexibility index (Phi) is 3.15. The van der Waals surface area contributed by atoms with E-state index >= 15 is 0 Å². The van der Waals surface area contributed by atoms with E-state index in [0.717, 1.165) is 0 Å². The number of hydrogen-bond donors (Lipinski definition) is 1. The van der Waals surface area contributed by atoms with Gasteiger partial charge in [-0.05, 0) is 13.0 Å². The molecular formula is C10H11NO2. The quantitative estimate of drug-likeness (QED) is 0.709. The molecule has 1 aromatic heterocycles. The molecule has 3 heteroatoms. The second-order valence-electron chi connectivity index (χ2n) is 2.79. The van der Waals surface area contributed by atoms with Crippen LogP contribution in [0.5, 0.6) is 0 Å². The number of hydrogen-bond acceptors (Lipinski definition) is 2. The van der Waals surface area contributed by atoms with Crippen molar-refractivity contribution in [2.75, 3.05) is 0 Å². The van der Waals surface area contributed by atoms with Crippen LogP contribution in [-0.4, -0.2) is 11.9 Å². The largest absolute Gasteiger partial charge is 0.472 e. The zero-order valence-corrected chi connectivity index (χ0v) is 7.41. The summed E-state index contributed by atoms with van der Waals surface area (Å²) < 4.78 is 4.78. The van der Waals surface area contributed by atoms with Gasteiger partial charge in [0.2, 0.25) is 0 Å². The molecule has 0 radical (unpaired) electrons. The van der Waals surface area contributed by atoms with Gasteiger partial charge in [-0.1, -0.05) is 0 Å². The molecule has 1 N–H and O–H groups in total. The number of carbonyl (C=O) groups is 1. The predicted octanol–water partition coefficient (Wildman–Crippen LogP) is 1.42. The Morgan fingerprint density at radius 3 is 3.15 bits per heavy atom. The number of rotatable bonds is 3. The van der Waals surface area contributed by atoms with Crippen molar-refractivity contribution in [2.24, 2.45) is 0 Å². The number of furan rings is 1. The minimum absolute atomic E-state index is 0.00704. The average molecular weight is 177 g/mol. The Labute approximate surface area is 77.1 Å². The maximum absolute atomic E-state index is 11.4. The van der Waals surface area contributed by atoms with Crippen LogP contribution < -0.4 is 5.32 Å². The van der Waals surface area contributed by atoms with Crippen molar-refractivity contribution in [1.29, 1.82) is 0 Å². The zero-order valence-electron chi connectivity index (χ0n) is 7.41. The third-order valence-corrected chi connectivity index (χ3v) is 1.58. The minimum atomic E-state index is -0.156. The fraction of sp³-hybridized carbons (Fsp3) is 0.300. The highest BCUT2D eigenvalue weighted by atomic mass is 16.3. The molecular weight excluding hydrogens is 166 g/mol. The van der Waals surface area contributed by atoms with E-state index in [0.29, 0.717) is 12.0 Å². The monoisotopic (exact) mass is 177 g/mol. The Balaban J connectivity index is 2.48. The van der Waals surface area contributed by atoms with E-state index in [1.54, 1.807) is 6.07 Å². The van der Waals surface area contributed by atoms with E-state index in [1.807, 2.05) is 6.92 Å². The fourth-order valence-electron chi connectivity index (χ4n) is 0.929. The lowest BCUT2D eigenvalue weighted by atomic mass is 10.2. The highest BCUT2D eigenvalue weighted by Crippen LogP contribution is 2.00. The molecule has 0 aliphatic rings. The third-order valence-electron chi connectivity index (χ3n) is 1.58. The van der Waals surface area contributed by atoms with Crippen LogP contribution in [0, 0.1) is 12.3 Å². The van der Waals surface area contributed by atoms with Gasteiger partial charge in [0.25, 0.3) is 5.91 Å². The minimum Gasteiger partial charge on any atom is -0.472 e. The molecule has 1 heterocycles. The number of amides is 1. The summed E-state index contributed by atoms with van der Waals surface area (Å²) >= 11 is 0. The van der Waals surface area contributed by atoms with Crippen molar-refractivity contribution < 1.29 is 9.21 Å². The van der Waals surface area contributed by atoms with Gasteiger partial charge in [-0.15, -0.1) is 12.3 Å². The molecule has 1 aromatic rings. The first-order valence-corrected chi connectivity index (χ1v) is 4.00. The maximum atomic E-state index is 11.4. The lowest BCUT2D eigenvalue weighted by Crippen LogP contribution is -2.31. The third kappa shape index (κ3) is 2.68. The van der Waals surface area contributed by atoms with E-state index in [1.165, 1.54) is 12.5 Å². The molecule has 1 rings (SSSR count). The fourth-order valence-corrected chi connectivity index (χ4v) is 0.929. The molecule has 0 aliphatic carbocycles. The van der Waals surface area contributed by atoms with Crippen LogP contribution in [0.3, 0.4) is 0 Å². The summed E-state index contributed by atoms with van der Waals surface area (Å²) in [5.74, 6) is 2.32. The summed E-state index contributed by atoms with van der Waals surface area (Å²) in [5, 5.41) is 2.74. The SMILES string of the molecule is C#CCC(C)NC(=O)c1ccoc1. The normalized spacial score (nSPS) is 11.7. The lowest BCUT2D eigenvalue weighted by Gasteiger charge is -2.08. The van der Waals surface area contributed by atoms with Gasteiger partial charge in [0.15, 0.2) is 0 Å². The van der Waals surface area contributed by atoms with Crippen LogP contribution in [0.25, 0.3) is 0 Å². The van der Waals surface area contributed by atoms with Crippen molar-refractivity contribution in [3.8, 4) is 12.3 Å². The average Bonchev–Trinajstić information content (AvgIpc) is 2.55. The molecule has 0 spiro atoms. The molecule has 68 valence electrons. The van der Waals surface area contributed by atoms with Gasteiger partial charge in [0.1, 0.15) is 6.26 Å². The van der Waals surface area contributed by atoms with Crippen LogP contribution in [0.4, 0.5) is 0 Å².